The first-order valence-corrected chi connectivity index (χ1v) is 6.18. The number of benzene rings is 2. The van der Waals surface area contributed by atoms with Crippen molar-refractivity contribution in [2.24, 2.45) is 0 Å². The molecule has 0 aliphatic rings. The van der Waals surface area contributed by atoms with E-state index in [0.29, 0.717) is 16.1 Å². The summed E-state index contributed by atoms with van der Waals surface area (Å²) in [6.45, 7) is 1.81. The van der Waals surface area contributed by atoms with Gasteiger partial charge in [0.2, 0.25) is 0 Å². The zero-order valence-corrected chi connectivity index (χ0v) is 11.4. The van der Waals surface area contributed by atoms with Crippen LogP contribution in [0.2, 0.25) is 10.0 Å². The highest BCUT2D eigenvalue weighted by molar-refractivity contribution is 6.31. The van der Waals surface area contributed by atoms with E-state index in [4.69, 9.17) is 23.2 Å². The first-order chi connectivity index (χ1) is 8.79. The Hall–Kier alpha value is -1.19. The molecule has 2 aromatic carbocycles. The van der Waals surface area contributed by atoms with E-state index >= 15 is 0 Å². The molecule has 0 bridgehead atoms. The number of halogens is 5. The lowest BCUT2D eigenvalue weighted by Crippen LogP contribution is -2.06. The molecular weight excluding hydrogens is 296 g/mol. The monoisotopic (exact) mass is 304 g/mol. The Labute approximate surface area is 118 Å². The Kier molecular flexibility index (Phi) is 3.79. The standard InChI is InChI=1S/C14H9Cl2F3/c1-8-2-4-10(15)7-11(8)9-3-5-13(16)12(6-9)14(17,18)19/h2-7H,1H3. The molecule has 0 saturated heterocycles. The quantitative estimate of drug-likeness (QED) is 0.607. The lowest BCUT2D eigenvalue weighted by atomic mass is 9.99. The number of hydrogen-bond donors (Lipinski definition) is 0. The van der Waals surface area contributed by atoms with Crippen molar-refractivity contribution >= 4 is 23.2 Å². The molecule has 0 aromatic heterocycles. The molecule has 5 heteroatoms. The van der Waals surface area contributed by atoms with Crippen molar-refractivity contribution in [3.05, 3.63) is 57.6 Å². The Morgan fingerprint density at radius 1 is 0.947 bits per heavy atom. The van der Waals surface area contributed by atoms with Crippen LogP contribution in [-0.2, 0) is 6.18 Å². The molecule has 0 heterocycles. The molecule has 0 aliphatic heterocycles. The van der Waals surface area contributed by atoms with Crippen LogP contribution in [0, 0.1) is 6.92 Å². The van der Waals surface area contributed by atoms with Crippen LogP contribution in [0.25, 0.3) is 11.1 Å². The highest BCUT2D eigenvalue weighted by Crippen LogP contribution is 2.38. The molecule has 0 unspecified atom stereocenters. The lowest BCUT2D eigenvalue weighted by molar-refractivity contribution is -0.137. The first-order valence-electron chi connectivity index (χ1n) is 5.42. The lowest BCUT2D eigenvalue weighted by Gasteiger charge is -2.12. The maximum Gasteiger partial charge on any atom is 0.417 e. The van der Waals surface area contributed by atoms with Crippen molar-refractivity contribution in [3.63, 3.8) is 0 Å². The zero-order valence-electron chi connectivity index (χ0n) is 9.85. The van der Waals surface area contributed by atoms with Gasteiger partial charge in [0.05, 0.1) is 10.6 Å². The minimum atomic E-state index is -4.47. The van der Waals surface area contributed by atoms with Crippen molar-refractivity contribution in [1.82, 2.24) is 0 Å². The van der Waals surface area contributed by atoms with E-state index in [1.807, 2.05) is 6.92 Å². The van der Waals surface area contributed by atoms with Gasteiger partial charge in [0, 0.05) is 5.02 Å². The predicted octanol–water partition coefficient (Wildman–Crippen LogP) is 5.99. The summed E-state index contributed by atoms with van der Waals surface area (Å²) < 4.78 is 38.4. The van der Waals surface area contributed by atoms with Crippen molar-refractivity contribution in [2.75, 3.05) is 0 Å². The van der Waals surface area contributed by atoms with Gasteiger partial charge in [-0.3, -0.25) is 0 Å². The van der Waals surface area contributed by atoms with E-state index in [2.05, 4.69) is 0 Å². The summed E-state index contributed by atoms with van der Waals surface area (Å²) in [6, 6.07) is 8.94. The van der Waals surface area contributed by atoms with Gasteiger partial charge in [-0.05, 0) is 47.9 Å². The third-order valence-electron chi connectivity index (χ3n) is 2.78. The molecule has 0 aliphatic carbocycles. The summed E-state index contributed by atoms with van der Waals surface area (Å²) in [7, 11) is 0. The molecule has 2 aromatic rings. The Morgan fingerprint density at radius 2 is 1.63 bits per heavy atom. The minimum Gasteiger partial charge on any atom is -0.166 e. The molecule has 0 fully saturated rings. The van der Waals surface area contributed by atoms with Gasteiger partial charge < -0.3 is 0 Å². The molecule has 0 nitrogen and oxygen atoms in total. The fourth-order valence-electron chi connectivity index (χ4n) is 1.82. The fourth-order valence-corrected chi connectivity index (χ4v) is 2.21. The highest BCUT2D eigenvalue weighted by atomic mass is 35.5. The second kappa shape index (κ2) is 5.06. The second-order valence-electron chi connectivity index (χ2n) is 4.15. The molecule has 0 spiro atoms. The molecular formula is C14H9Cl2F3. The summed E-state index contributed by atoms with van der Waals surface area (Å²) >= 11 is 11.5. The number of hydrogen-bond acceptors (Lipinski definition) is 0. The zero-order chi connectivity index (χ0) is 14.2. The summed E-state index contributed by atoms with van der Waals surface area (Å²) in [6.07, 6.45) is -4.47. The van der Waals surface area contributed by atoms with Gasteiger partial charge >= 0.3 is 6.18 Å². The molecule has 0 N–H and O–H groups in total. The van der Waals surface area contributed by atoms with Crippen LogP contribution < -0.4 is 0 Å². The van der Waals surface area contributed by atoms with E-state index < -0.39 is 11.7 Å². The fraction of sp³-hybridized carbons (Fsp3) is 0.143. The van der Waals surface area contributed by atoms with Crippen molar-refractivity contribution in [3.8, 4) is 11.1 Å². The Balaban J connectivity index is 2.61. The van der Waals surface area contributed by atoms with E-state index in [-0.39, 0.29) is 5.02 Å². The van der Waals surface area contributed by atoms with E-state index in [1.54, 1.807) is 24.3 Å². The van der Waals surface area contributed by atoms with E-state index in [9.17, 15) is 13.2 Å². The second-order valence-corrected chi connectivity index (χ2v) is 5.00. The van der Waals surface area contributed by atoms with E-state index in [0.717, 1.165) is 11.6 Å². The maximum absolute atomic E-state index is 12.8. The van der Waals surface area contributed by atoms with Gasteiger partial charge in [0.1, 0.15) is 0 Å². The molecule has 19 heavy (non-hydrogen) atoms. The number of rotatable bonds is 1. The maximum atomic E-state index is 12.8. The highest BCUT2D eigenvalue weighted by Gasteiger charge is 2.33. The van der Waals surface area contributed by atoms with Crippen LogP contribution in [0.1, 0.15) is 11.1 Å². The molecule has 0 amide bonds. The topological polar surface area (TPSA) is 0 Å². The van der Waals surface area contributed by atoms with Crippen LogP contribution in [0.4, 0.5) is 13.2 Å². The SMILES string of the molecule is Cc1ccc(Cl)cc1-c1ccc(Cl)c(C(F)(F)F)c1. The molecule has 0 saturated carbocycles. The van der Waals surface area contributed by atoms with Gasteiger partial charge in [-0.1, -0.05) is 35.3 Å². The summed E-state index contributed by atoms with van der Waals surface area (Å²) in [5.41, 5.74) is 1.11. The van der Waals surface area contributed by atoms with Crippen molar-refractivity contribution < 1.29 is 13.2 Å². The average molecular weight is 305 g/mol. The normalized spacial score (nSPS) is 11.7. The van der Waals surface area contributed by atoms with Crippen molar-refractivity contribution in [1.29, 1.82) is 0 Å². The third-order valence-corrected chi connectivity index (χ3v) is 3.35. The van der Waals surface area contributed by atoms with Gasteiger partial charge in [0.15, 0.2) is 0 Å². The molecule has 100 valence electrons. The minimum absolute atomic E-state index is 0.309. The predicted molar refractivity (Wildman–Crippen MR) is 71.6 cm³/mol. The first kappa shape index (κ1) is 14.2. The van der Waals surface area contributed by atoms with Crippen LogP contribution in [0.15, 0.2) is 36.4 Å². The van der Waals surface area contributed by atoms with Crippen LogP contribution in [0.5, 0.6) is 0 Å². The molecule has 2 rings (SSSR count). The van der Waals surface area contributed by atoms with Crippen LogP contribution in [0.3, 0.4) is 0 Å². The molecule has 0 atom stereocenters. The van der Waals surface area contributed by atoms with Gasteiger partial charge in [-0.15, -0.1) is 0 Å². The largest absolute Gasteiger partial charge is 0.417 e. The molecule has 0 radical (unpaired) electrons. The van der Waals surface area contributed by atoms with Crippen LogP contribution in [-0.4, -0.2) is 0 Å². The summed E-state index contributed by atoms with van der Waals surface area (Å²) in [4.78, 5) is 0. The third kappa shape index (κ3) is 3.04. The van der Waals surface area contributed by atoms with Gasteiger partial charge in [-0.25, -0.2) is 0 Å². The van der Waals surface area contributed by atoms with Crippen LogP contribution >= 0.6 is 23.2 Å². The number of alkyl halides is 3. The summed E-state index contributed by atoms with van der Waals surface area (Å²) in [5.74, 6) is 0. The van der Waals surface area contributed by atoms with Gasteiger partial charge in [0.25, 0.3) is 0 Å². The van der Waals surface area contributed by atoms with Gasteiger partial charge in [-0.2, -0.15) is 13.2 Å². The average Bonchev–Trinajstić information content (AvgIpc) is 2.31. The van der Waals surface area contributed by atoms with Crippen molar-refractivity contribution in [2.45, 2.75) is 13.1 Å². The Bertz CT molecular complexity index is 619. The van der Waals surface area contributed by atoms with E-state index in [1.165, 1.54) is 6.07 Å². The Morgan fingerprint density at radius 3 is 2.26 bits per heavy atom. The summed E-state index contributed by atoms with van der Waals surface area (Å²) in [5, 5.41) is 0.167. The smallest absolute Gasteiger partial charge is 0.166 e. The number of aryl methyl sites for hydroxylation is 1.